The molecule has 0 saturated heterocycles. The summed E-state index contributed by atoms with van der Waals surface area (Å²) in [5, 5.41) is 3.52. The molecule has 2 nitrogen and oxygen atoms in total. The first kappa shape index (κ1) is 15.5. The number of aryl methyl sites for hydroxylation is 1. The summed E-state index contributed by atoms with van der Waals surface area (Å²) in [6.45, 7) is 4.49. The quantitative estimate of drug-likeness (QED) is 0.884. The topological polar surface area (TPSA) is 21.3 Å². The van der Waals surface area contributed by atoms with Gasteiger partial charge in [-0.05, 0) is 44.7 Å². The van der Waals surface area contributed by atoms with Crippen LogP contribution in [0.25, 0.3) is 0 Å². The van der Waals surface area contributed by atoms with Gasteiger partial charge in [-0.3, -0.25) is 0 Å². The monoisotopic (exact) mass is 275 g/mol. The van der Waals surface area contributed by atoms with Crippen LogP contribution in [0.1, 0.15) is 43.7 Å². The Morgan fingerprint density at radius 3 is 2.60 bits per heavy atom. The molecule has 1 aromatic carbocycles. The van der Waals surface area contributed by atoms with Gasteiger partial charge in [0.15, 0.2) is 0 Å². The number of ether oxygens (including phenoxy) is 1. The molecule has 3 unspecified atom stereocenters. The van der Waals surface area contributed by atoms with E-state index < -0.39 is 0 Å². The van der Waals surface area contributed by atoms with Crippen molar-refractivity contribution < 1.29 is 4.74 Å². The van der Waals surface area contributed by atoms with Crippen molar-refractivity contribution in [1.82, 2.24) is 5.32 Å². The standard InChI is InChI=1S/C18H29NO/c1-14-7-9-16(10-8-14)12-17(19-3)18(20-4)11-5-6-15(2)13-18/h7-10,15,17,19H,5-6,11-13H2,1-4H3. The molecule has 0 bridgehead atoms. The molecule has 0 spiro atoms. The van der Waals surface area contributed by atoms with E-state index in [0.29, 0.717) is 6.04 Å². The SMILES string of the molecule is CNC(Cc1ccc(C)cc1)C1(OC)CCCC(C)C1. The van der Waals surface area contributed by atoms with Crippen molar-refractivity contribution in [2.75, 3.05) is 14.2 Å². The zero-order chi connectivity index (χ0) is 14.6. The highest BCUT2D eigenvalue weighted by atomic mass is 16.5. The highest BCUT2D eigenvalue weighted by Crippen LogP contribution is 2.38. The second-order valence-corrected chi connectivity index (χ2v) is 6.50. The van der Waals surface area contributed by atoms with Crippen molar-refractivity contribution in [3.8, 4) is 0 Å². The summed E-state index contributed by atoms with van der Waals surface area (Å²) in [5.74, 6) is 0.762. The molecule has 0 radical (unpaired) electrons. The first-order valence-corrected chi connectivity index (χ1v) is 7.87. The van der Waals surface area contributed by atoms with Crippen LogP contribution in [0, 0.1) is 12.8 Å². The van der Waals surface area contributed by atoms with E-state index >= 15 is 0 Å². The Kier molecular flexibility index (Phi) is 5.22. The molecular formula is C18H29NO. The molecule has 0 aliphatic heterocycles. The molecule has 1 fully saturated rings. The third-order valence-electron chi connectivity index (χ3n) is 4.94. The average Bonchev–Trinajstić information content (AvgIpc) is 2.46. The predicted molar refractivity (Wildman–Crippen MR) is 85.1 cm³/mol. The molecule has 1 saturated carbocycles. The van der Waals surface area contributed by atoms with Gasteiger partial charge in [-0.15, -0.1) is 0 Å². The smallest absolute Gasteiger partial charge is 0.0836 e. The molecule has 1 aromatic rings. The molecule has 0 aromatic heterocycles. The van der Waals surface area contributed by atoms with Crippen molar-refractivity contribution in [2.24, 2.45) is 5.92 Å². The van der Waals surface area contributed by atoms with E-state index in [9.17, 15) is 0 Å². The van der Waals surface area contributed by atoms with E-state index in [2.05, 4.69) is 50.5 Å². The molecule has 3 atom stereocenters. The van der Waals surface area contributed by atoms with Crippen molar-refractivity contribution in [2.45, 2.75) is 57.6 Å². The van der Waals surface area contributed by atoms with Gasteiger partial charge in [0, 0.05) is 13.2 Å². The Morgan fingerprint density at radius 1 is 1.35 bits per heavy atom. The molecule has 1 aliphatic carbocycles. The molecular weight excluding hydrogens is 246 g/mol. The lowest BCUT2D eigenvalue weighted by atomic mass is 9.73. The highest BCUT2D eigenvalue weighted by Gasteiger charge is 2.41. The Bertz CT molecular complexity index is 414. The van der Waals surface area contributed by atoms with Crippen LogP contribution in [0.2, 0.25) is 0 Å². The van der Waals surface area contributed by atoms with Crippen molar-refractivity contribution in [3.63, 3.8) is 0 Å². The first-order valence-electron chi connectivity index (χ1n) is 7.87. The molecule has 20 heavy (non-hydrogen) atoms. The van der Waals surface area contributed by atoms with Gasteiger partial charge in [0.05, 0.1) is 5.60 Å². The van der Waals surface area contributed by atoms with Crippen molar-refractivity contribution in [1.29, 1.82) is 0 Å². The van der Waals surface area contributed by atoms with Crippen molar-refractivity contribution in [3.05, 3.63) is 35.4 Å². The van der Waals surface area contributed by atoms with E-state index in [1.807, 2.05) is 7.11 Å². The summed E-state index contributed by atoms with van der Waals surface area (Å²) in [7, 11) is 3.95. The van der Waals surface area contributed by atoms with Gasteiger partial charge in [-0.2, -0.15) is 0 Å². The van der Waals surface area contributed by atoms with E-state index in [-0.39, 0.29) is 5.60 Å². The Labute approximate surface area is 123 Å². The van der Waals surface area contributed by atoms with Crippen LogP contribution in [-0.2, 0) is 11.2 Å². The Balaban J connectivity index is 2.14. The van der Waals surface area contributed by atoms with Crippen LogP contribution in [-0.4, -0.2) is 25.8 Å². The number of hydrogen-bond donors (Lipinski definition) is 1. The molecule has 1 aliphatic rings. The highest BCUT2D eigenvalue weighted by molar-refractivity contribution is 5.23. The summed E-state index contributed by atoms with van der Waals surface area (Å²) in [6, 6.07) is 9.28. The minimum Gasteiger partial charge on any atom is -0.377 e. The number of likely N-dealkylation sites (N-methyl/N-ethyl adjacent to an activating group) is 1. The zero-order valence-electron chi connectivity index (χ0n) is 13.4. The summed E-state index contributed by atoms with van der Waals surface area (Å²) in [4.78, 5) is 0. The lowest BCUT2D eigenvalue weighted by Gasteiger charge is -2.44. The second-order valence-electron chi connectivity index (χ2n) is 6.50. The normalized spacial score (nSPS) is 28.3. The van der Waals surface area contributed by atoms with Gasteiger partial charge in [-0.1, -0.05) is 49.6 Å². The summed E-state index contributed by atoms with van der Waals surface area (Å²) in [5.41, 5.74) is 2.71. The minimum atomic E-state index is -0.00268. The lowest BCUT2D eigenvalue weighted by Crippen LogP contribution is -2.54. The molecule has 2 heteroatoms. The first-order chi connectivity index (χ1) is 9.59. The van der Waals surface area contributed by atoms with Gasteiger partial charge >= 0.3 is 0 Å². The van der Waals surface area contributed by atoms with Crippen LogP contribution in [0.15, 0.2) is 24.3 Å². The van der Waals surface area contributed by atoms with Gasteiger partial charge < -0.3 is 10.1 Å². The fraction of sp³-hybridized carbons (Fsp3) is 0.667. The zero-order valence-corrected chi connectivity index (χ0v) is 13.4. The van der Waals surface area contributed by atoms with Gasteiger partial charge in [0.25, 0.3) is 0 Å². The van der Waals surface area contributed by atoms with Gasteiger partial charge in [0.1, 0.15) is 0 Å². The summed E-state index contributed by atoms with van der Waals surface area (Å²) in [6.07, 6.45) is 6.00. The molecule has 2 rings (SSSR count). The maximum absolute atomic E-state index is 6.04. The fourth-order valence-corrected chi connectivity index (χ4v) is 3.70. The van der Waals surface area contributed by atoms with Crippen LogP contribution < -0.4 is 5.32 Å². The van der Waals surface area contributed by atoms with E-state index in [1.54, 1.807) is 0 Å². The van der Waals surface area contributed by atoms with E-state index in [4.69, 9.17) is 4.74 Å². The number of methoxy groups -OCH3 is 1. The van der Waals surface area contributed by atoms with Crippen LogP contribution in [0.5, 0.6) is 0 Å². The van der Waals surface area contributed by atoms with Crippen LogP contribution in [0.3, 0.4) is 0 Å². The number of rotatable bonds is 5. The third-order valence-corrected chi connectivity index (χ3v) is 4.94. The summed E-state index contributed by atoms with van der Waals surface area (Å²) >= 11 is 0. The van der Waals surface area contributed by atoms with E-state index in [0.717, 1.165) is 12.3 Å². The maximum Gasteiger partial charge on any atom is 0.0836 e. The number of benzene rings is 1. The van der Waals surface area contributed by atoms with Crippen LogP contribution >= 0.6 is 0 Å². The van der Waals surface area contributed by atoms with Crippen LogP contribution in [0.4, 0.5) is 0 Å². The minimum absolute atomic E-state index is 0.00268. The largest absolute Gasteiger partial charge is 0.377 e. The summed E-state index contributed by atoms with van der Waals surface area (Å²) < 4.78 is 6.04. The van der Waals surface area contributed by atoms with Crippen molar-refractivity contribution >= 4 is 0 Å². The molecule has 1 N–H and O–H groups in total. The lowest BCUT2D eigenvalue weighted by molar-refractivity contribution is -0.0775. The Hall–Kier alpha value is -0.860. The number of nitrogens with one attached hydrogen (secondary N) is 1. The molecule has 0 amide bonds. The van der Waals surface area contributed by atoms with Gasteiger partial charge in [0.2, 0.25) is 0 Å². The predicted octanol–water partition coefficient (Wildman–Crippen LogP) is 3.72. The number of hydrogen-bond acceptors (Lipinski definition) is 2. The fourth-order valence-electron chi connectivity index (χ4n) is 3.70. The molecule has 0 heterocycles. The Morgan fingerprint density at radius 2 is 2.05 bits per heavy atom. The average molecular weight is 275 g/mol. The maximum atomic E-state index is 6.04. The van der Waals surface area contributed by atoms with Gasteiger partial charge in [-0.25, -0.2) is 0 Å². The third kappa shape index (κ3) is 3.42. The molecule has 112 valence electrons. The second kappa shape index (κ2) is 6.73. The van der Waals surface area contributed by atoms with E-state index in [1.165, 1.54) is 36.8 Å².